The maximum atomic E-state index is 12.2. The minimum absolute atomic E-state index is 0.0181. The third kappa shape index (κ3) is 3.64. The van der Waals surface area contributed by atoms with Crippen LogP contribution in [-0.2, 0) is 10.0 Å². The number of aromatic nitrogens is 2. The second-order valence-corrected chi connectivity index (χ2v) is 7.84. The molecule has 1 aromatic rings. The fraction of sp³-hybridized carbons (Fsp3) is 0.818. The zero-order valence-corrected chi connectivity index (χ0v) is 12.6. The Balaban J connectivity index is 2.08. The molecule has 1 aliphatic carbocycles. The molecule has 1 heterocycles. The van der Waals surface area contributed by atoms with Crippen LogP contribution in [0.25, 0.3) is 0 Å². The summed E-state index contributed by atoms with van der Waals surface area (Å²) in [6.45, 7) is 2.01. The molecule has 0 aromatic carbocycles. The molecule has 19 heavy (non-hydrogen) atoms. The van der Waals surface area contributed by atoms with Crippen molar-refractivity contribution in [2.45, 2.75) is 55.8 Å². The fourth-order valence-corrected chi connectivity index (χ4v) is 4.82. The minimum Gasteiger partial charge on any atom is -0.374 e. The smallest absolute Gasteiger partial charge is 0.270 e. The fourth-order valence-electron chi connectivity index (χ4n) is 2.63. The van der Waals surface area contributed by atoms with Crippen LogP contribution in [0.2, 0.25) is 0 Å². The molecule has 2 rings (SSSR count). The Bertz CT molecular complexity index is 509. The number of sulfonamides is 1. The summed E-state index contributed by atoms with van der Waals surface area (Å²) in [5.74, 6) is 0.429. The summed E-state index contributed by atoms with van der Waals surface area (Å²) in [5.41, 5.74) is 5.43. The standard InChI is InChI=1S/C11H20N4O2S2/c1-2-9(8-6-4-3-5-7-8)15-19(16,17)11-14-13-10(12)18-11/h8-9,15H,2-7H2,1H3,(H2,12,13). The molecule has 0 aliphatic heterocycles. The Morgan fingerprint density at radius 2 is 2.05 bits per heavy atom. The lowest BCUT2D eigenvalue weighted by molar-refractivity contribution is 0.285. The van der Waals surface area contributed by atoms with Crippen molar-refractivity contribution in [3.05, 3.63) is 0 Å². The molecule has 1 fully saturated rings. The van der Waals surface area contributed by atoms with Crippen LogP contribution in [0.4, 0.5) is 5.13 Å². The molecule has 0 bridgehead atoms. The van der Waals surface area contributed by atoms with Gasteiger partial charge in [-0.1, -0.05) is 37.5 Å². The normalized spacial score (nSPS) is 19.4. The molecule has 1 aromatic heterocycles. The van der Waals surface area contributed by atoms with Gasteiger partial charge in [0.15, 0.2) is 0 Å². The Kier molecular flexibility index (Phi) is 4.75. The third-order valence-electron chi connectivity index (χ3n) is 3.62. The second kappa shape index (κ2) is 6.15. The predicted molar refractivity (Wildman–Crippen MR) is 75.3 cm³/mol. The molecule has 3 N–H and O–H groups in total. The van der Waals surface area contributed by atoms with Gasteiger partial charge < -0.3 is 5.73 Å². The maximum absolute atomic E-state index is 12.2. The highest BCUT2D eigenvalue weighted by Gasteiger charge is 2.28. The molecule has 0 amide bonds. The quantitative estimate of drug-likeness (QED) is 0.863. The van der Waals surface area contributed by atoms with Gasteiger partial charge in [0.25, 0.3) is 10.0 Å². The summed E-state index contributed by atoms with van der Waals surface area (Å²) in [6, 6.07) is -0.0181. The summed E-state index contributed by atoms with van der Waals surface area (Å²) >= 11 is 0.899. The van der Waals surface area contributed by atoms with Crippen molar-refractivity contribution in [2.24, 2.45) is 5.92 Å². The second-order valence-electron chi connectivity index (χ2n) is 4.94. The number of nitrogen functional groups attached to an aromatic ring is 1. The van der Waals surface area contributed by atoms with Crippen molar-refractivity contribution in [3.8, 4) is 0 Å². The van der Waals surface area contributed by atoms with Gasteiger partial charge in [-0.15, -0.1) is 10.2 Å². The van der Waals surface area contributed by atoms with Gasteiger partial charge in [0.2, 0.25) is 9.47 Å². The van der Waals surface area contributed by atoms with E-state index in [9.17, 15) is 8.42 Å². The zero-order valence-electron chi connectivity index (χ0n) is 11.0. The zero-order chi connectivity index (χ0) is 13.9. The lowest BCUT2D eigenvalue weighted by Crippen LogP contribution is -2.40. The summed E-state index contributed by atoms with van der Waals surface area (Å²) < 4.78 is 27.1. The minimum atomic E-state index is -3.59. The van der Waals surface area contributed by atoms with Crippen LogP contribution in [0.3, 0.4) is 0 Å². The van der Waals surface area contributed by atoms with E-state index in [4.69, 9.17) is 5.73 Å². The summed E-state index contributed by atoms with van der Waals surface area (Å²) in [7, 11) is -3.59. The molecule has 1 saturated carbocycles. The molecule has 1 unspecified atom stereocenters. The van der Waals surface area contributed by atoms with Crippen molar-refractivity contribution in [3.63, 3.8) is 0 Å². The third-order valence-corrected chi connectivity index (χ3v) is 6.23. The SMILES string of the molecule is CCC(NS(=O)(=O)c1nnc(N)s1)C1CCCCC1. The summed E-state index contributed by atoms with van der Waals surface area (Å²) in [5, 5.41) is 7.34. The Labute approximate surface area is 117 Å². The number of anilines is 1. The van der Waals surface area contributed by atoms with Crippen LogP contribution in [0.5, 0.6) is 0 Å². The van der Waals surface area contributed by atoms with Gasteiger partial charge in [-0.2, -0.15) is 0 Å². The van der Waals surface area contributed by atoms with E-state index < -0.39 is 10.0 Å². The lowest BCUT2D eigenvalue weighted by Gasteiger charge is -2.29. The van der Waals surface area contributed by atoms with Crippen LogP contribution in [0.15, 0.2) is 4.34 Å². The van der Waals surface area contributed by atoms with Gasteiger partial charge in [0.1, 0.15) is 0 Å². The van der Waals surface area contributed by atoms with E-state index in [-0.39, 0.29) is 15.5 Å². The van der Waals surface area contributed by atoms with E-state index in [1.54, 1.807) is 0 Å². The highest BCUT2D eigenvalue weighted by Crippen LogP contribution is 2.29. The lowest BCUT2D eigenvalue weighted by atomic mass is 9.83. The molecule has 0 radical (unpaired) electrons. The molecule has 1 atom stereocenters. The maximum Gasteiger partial charge on any atom is 0.270 e. The Morgan fingerprint density at radius 3 is 2.58 bits per heavy atom. The van der Waals surface area contributed by atoms with Crippen LogP contribution in [-0.4, -0.2) is 24.7 Å². The number of nitrogens with two attached hydrogens (primary N) is 1. The summed E-state index contributed by atoms with van der Waals surface area (Å²) in [4.78, 5) is 0. The van der Waals surface area contributed by atoms with Crippen molar-refractivity contribution in [1.29, 1.82) is 0 Å². The van der Waals surface area contributed by atoms with E-state index in [2.05, 4.69) is 14.9 Å². The van der Waals surface area contributed by atoms with Gasteiger partial charge >= 0.3 is 0 Å². The molecule has 8 heteroatoms. The van der Waals surface area contributed by atoms with E-state index in [0.29, 0.717) is 5.92 Å². The number of hydrogen-bond donors (Lipinski definition) is 2. The predicted octanol–water partition coefficient (Wildman–Crippen LogP) is 1.76. The first-order valence-corrected chi connectivity index (χ1v) is 8.94. The van der Waals surface area contributed by atoms with Crippen LogP contribution in [0.1, 0.15) is 45.4 Å². The van der Waals surface area contributed by atoms with E-state index in [1.807, 2.05) is 6.92 Å². The first-order chi connectivity index (χ1) is 9.03. The molecule has 108 valence electrons. The molecule has 6 nitrogen and oxygen atoms in total. The molecular weight excluding hydrogens is 284 g/mol. The van der Waals surface area contributed by atoms with Crippen molar-refractivity contribution >= 4 is 26.5 Å². The largest absolute Gasteiger partial charge is 0.374 e. The van der Waals surface area contributed by atoms with Gasteiger partial charge in [-0.25, -0.2) is 13.1 Å². The van der Waals surface area contributed by atoms with Crippen molar-refractivity contribution in [1.82, 2.24) is 14.9 Å². The average molecular weight is 304 g/mol. The van der Waals surface area contributed by atoms with Crippen LogP contribution in [0, 0.1) is 5.92 Å². The topological polar surface area (TPSA) is 98.0 Å². The van der Waals surface area contributed by atoms with Gasteiger partial charge in [0, 0.05) is 6.04 Å². The summed E-state index contributed by atoms with van der Waals surface area (Å²) in [6.07, 6.45) is 6.62. The Morgan fingerprint density at radius 1 is 1.37 bits per heavy atom. The molecule has 1 aliphatic rings. The number of nitrogens with zero attached hydrogens (tertiary/aromatic N) is 2. The van der Waals surface area contributed by atoms with Crippen LogP contribution >= 0.6 is 11.3 Å². The number of hydrogen-bond acceptors (Lipinski definition) is 6. The molecule has 0 spiro atoms. The van der Waals surface area contributed by atoms with Gasteiger partial charge in [0.05, 0.1) is 0 Å². The first kappa shape index (κ1) is 14.7. The number of nitrogens with one attached hydrogen (secondary N) is 1. The van der Waals surface area contributed by atoms with Gasteiger partial charge in [-0.05, 0) is 25.2 Å². The molecular formula is C11H20N4O2S2. The van der Waals surface area contributed by atoms with E-state index in [1.165, 1.54) is 19.3 Å². The van der Waals surface area contributed by atoms with E-state index >= 15 is 0 Å². The Hall–Kier alpha value is -0.730. The molecule has 0 saturated heterocycles. The van der Waals surface area contributed by atoms with Crippen LogP contribution < -0.4 is 10.5 Å². The monoisotopic (exact) mass is 304 g/mol. The van der Waals surface area contributed by atoms with Gasteiger partial charge in [-0.3, -0.25) is 0 Å². The van der Waals surface area contributed by atoms with Crippen molar-refractivity contribution in [2.75, 3.05) is 5.73 Å². The van der Waals surface area contributed by atoms with Crippen molar-refractivity contribution < 1.29 is 8.42 Å². The van der Waals surface area contributed by atoms with E-state index in [0.717, 1.165) is 30.6 Å². The average Bonchev–Trinajstić information content (AvgIpc) is 2.85. The first-order valence-electron chi connectivity index (χ1n) is 6.64. The highest BCUT2D eigenvalue weighted by molar-refractivity contribution is 7.91. The number of rotatable bonds is 5. The highest BCUT2D eigenvalue weighted by atomic mass is 32.2.